The van der Waals surface area contributed by atoms with Gasteiger partial charge in [0.15, 0.2) is 5.69 Å². The molecule has 0 bridgehead atoms. The Morgan fingerprint density at radius 1 is 1.43 bits per heavy atom. The van der Waals surface area contributed by atoms with E-state index in [4.69, 9.17) is 16.3 Å². The summed E-state index contributed by atoms with van der Waals surface area (Å²) in [4.78, 5) is 15.7. The average molecular weight is 346 g/mol. The normalized spacial score (nSPS) is 10.9. The minimum absolute atomic E-state index is 0.00239. The predicted molar refractivity (Wildman–Crippen MR) is 78.7 cm³/mol. The summed E-state index contributed by atoms with van der Waals surface area (Å²) in [6, 6.07) is 3.05. The van der Waals surface area contributed by atoms with Crippen molar-refractivity contribution < 1.29 is 23.0 Å². The second kappa shape index (κ2) is 7.36. The molecule has 2 aromatic rings. The molecule has 23 heavy (non-hydrogen) atoms. The Balaban J connectivity index is 2.57. The molecule has 0 aliphatic rings. The summed E-state index contributed by atoms with van der Waals surface area (Å²) in [7, 11) is 0. The van der Waals surface area contributed by atoms with E-state index in [1.54, 1.807) is 19.9 Å². The van der Waals surface area contributed by atoms with Crippen LogP contribution < -0.4 is 4.74 Å². The summed E-state index contributed by atoms with van der Waals surface area (Å²) in [6.07, 6.45) is 1.31. The number of carbonyl (C=O) groups is 1. The number of rotatable bonds is 6. The number of halogens is 3. The Bertz CT molecular complexity index is 707. The van der Waals surface area contributed by atoms with Crippen LogP contribution in [0.5, 0.6) is 5.88 Å². The monoisotopic (exact) mass is 345 g/mol. The Hall–Kier alpha value is -2.22. The molecule has 0 aliphatic carbocycles. The minimum atomic E-state index is -3.04. The molecular formula is C14H14ClF2N3O3. The Labute approximate surface area is 136 Å². The molecule has 0 unspecified atom stereocenters. The van der Waals surface area contributed by atoms with Gasteiger partial charge < -0.3 is 9.47 Å². The smallest absolute Gasteiger partial charge is 0.388 e. The lowest BCUT2D eigenvalue weighted by molar-refractivity contribution is -0.0524. The Morgan fingerprint density at radius 2 is 2.17 bits per heavy atom. The van der Waals surface area contributed by atoms with E-state index in [0.29, 0.717) is 6.54 Å². The number of aromatic nitrogens is 3. The van der Waals surface area contributed by atoms with Crippen molar-refractivity contribution in [3.8, 4) is 17.1 Å². The van der Waals surface area contributed by atoms with Crippen LogP contribution in [0.2, 0.25) is 5.02 Å². The molecule has 0 saturated heterocycles. The molecule has 0 saturated carbocycles. The molecule has 0 N–H and O–H groups in total. The number of carbonyl (C=O) groups excluding carboxylic acids is 1. The molecule has 9 heteroatoms. The Morgan fingerprint density at radius 3 is 2.78 bits per heavy atom. The van der Waals surface area contributed by atoms with Crippen molar-refractivity contribution in [1.82, 2.24) is 14.8 Å². The van der Waals surface area contributed by atoms with Crippen molar-refractivity contribution in [2.45, 2.75) is 27.0 Å². The van der Waals surface area contributed by atoms with Gasteiger partial charge in [-0.3, -0.25) is 4.68 Å². The molecule has 2 rings (SSSR count). The quantitative estimate of drug-likeness (QED) is 0.751. The fraction of sp³-hybridized carbons (Fsp3) is 0.357. The third-order valence-electron chi connectivity index (χ3n) is 2.89. The van der Waals surface area contributed by atoms with Crippen LogP contribution in [0.25, 0.3) is 11.3 Å². The SMILES string of the molecule is CCOC(=O)c1nn(CC)c(-c2cccnc2OC(F)F)c1Cl. The lowest BCUT2D eigenvalue weighted by Gasteiger charge is -2.10. The molecule has 0 atom stereocenters. The first kappa shape index (κ1) is 17.1. The molecule has 0 spiro atoms. The number of alkyl halides is 2. The van der Waals surface area contributed by atoms with Gasteiger partial charge >= 0.3 is 12.6 Å². The van der Waals surface area contributed by atoms with Crippen molar-refractivity contribution in [3.63, 3.8) is 0 Å². The molecule has 6 nitrogen and oxygen atoms in total. The first-order chi connectivity index (χ1) is 11.0. The zero-order valence-corrected chi connectivity index (χ0v) is 13.2. The van der Waals surface area contributed by atoms with Crippen LogP contribution in [0.4, 0.5) is 8.78 Å². The van der Waals surface area contributed by atoms with E-state index >= 15 is 0 Å². The van der Waals surface area contributed by atoms with Crippen LogP contribution in [0.15, 0.2) is 18.3 Å². The van der Waals surface area contributed by atoms with Crippen LogP contribution in [0.1, 0.15) is 24.3 Å². The summed E-state index contributed by atoms with van der Waals surface area (Å²) in [6.45, 7) is 0.906. The highest BCUT2D eigenvalue weighted by molar-refractivity contribution is 6.35. The second-order valence-corrected chi connectivity index (χ2v) is 4.66. The molecule has 124 valence electrons. The average Bonchev–Trinajstić information content (AvgIpc) is 2.84. The van der Waals surface area contributed by atoms with Crippen LogP contribution in [-0.2, 0) is 11.3 Å². The van der Waals surface area contributed by atoms with Gasteiger partial charge in [-0.1, -0.05) is 11.6 Å². The molecule has 0 radical (unpaired) electrons. The van der Waals surface area contributed by atoms with Crippen LogP contribution in [0, 0.1) is 0 Å². The van der Waals surface area contributed by atoms with Gasteiger partial charge in [0.2, 0.25) is 5.88 Å². The van der Waals surface area contributed by atoms with Gasteiger partial charge in [0.1, 0.15) is 5.02 Å². The van der Waals surface area contributed by atoms with E-state index in [0.717, 1.165) is 0 Å². The fourth-order valence-corrected chi connectivity index (χ4v) is 2.32. The highest BCUT2D eigenvalue weighted by atomic mass is 35.5. The van der Waals surface area contributed by atoms with Gasteiger partial charge in [-0.15, -0.1) is 0 Å². The van der Waals surface area contributed by atoms with Crippen molar-refractivity contribution in [1.29, 1.82) is 0 Å². The number of esters is 1. The molecule has 0 amide bonds. The van der Waals surface area contributed by atoms with Gasteiger partial charge in [0.25, 0.3) is 0 Å². The summed E-state index contributed by atoms with van der Waals surface area (Å²) in [5.41, 5.74) is 0.390. The molecule has 2 aromatic heterocycles. The first-order valence-corrected chi connectivity index (χ1v) is 7.20. The maximum atomic E-state index is 12.5. The molecule has 2 heterocycles. The standard InChI is InChI=1S/C14H14ClF2N3O3/c1-3-20-11(9(15)10(19-20)13(21)22-4-2)8-6-5-7-18-12(8)23-14(16)17/h5-7,14H,3-4H2,1-2H3. The van der Waals surface area contributed by atoms with Gasteiger partial charge in [-0.25, -0.2) is 9.78 Å². The lowest BCUT2D eigenvalue weighted by Crippen LogP contribution is -2.07. The molecule has 0 aromatic carbocycles. The number of nitrogens with zero attached hydrogens (tertiary/aromatic N) is 3. The van der Waals surface area contributed by atoms with Crippen molar-refractivity contribution in [3.05, 3.63) is 29.0 Å². The summed E-state index contributed by atoms with van der Waals surface area (Å²) in [5.74, 6) is -0.986. The van der Waals surface area contributed by atoms with E-state index in [9.17, 15) is 13.6 Å². The van der Waals surface area contributed by atoms with Crippen LogP contribution in [0.3, 0.4) is 0 Å². The van der Waals surface area contributed by atoms with E-state index in [1.165, 1.54) is 16.9 Å². The molecular weight excluding hydrogens is 332 g/mol. The Kier molecular flexibility index (Phi) is 5.49. The molecule has 0 fully saturated rings. The van der Waals surface area contributed by atoms with Crippen molar-refractivity contribution >= 4 is 17.6 Å². The minimum Gasteiger partial charge on any atom is -0.461 e. The first-order valence-electron chi connectivity index (χ1n) is 6.83. The van der Waals surface area contributed by atoms with Crippen LogP contribution >= 0.6 is 11.6 Å². The second-order valence-electron chi connectivity index (χ2n) is 4.28. The van der Waals surface area contributed by atoms with E-state index < -0.39 is 12.6 Å². The topological polar surface area (TPSA) is 66.2 Å². The zero-order chi connectivity index (χ0) is 17.0. The predicted octanol–water partition coefficient (Wildman–Crippen LogP) is 3.40. The van der Waals surface area contributed by atoms with E-state index in [1.807, 2.05) is 0 Å². The summed E-state index contributed by atoms with van der Waals surface area (Å²) in [5, 5.41) is 4.08. The van der Waals surface area contributed by atoms with Crippen LogP contribution in [-0.4, -0.2) is 34.0 Å². The zero-order valence-electron chi connectivity index (χ0n) is 12.4. The van der Waals surface area contributed by atoms with Gasteiger partial charge in [-0.05, 0) is 26.0 Å². The largest absolute Gasteiger partial charge is 0.461 e. The van der Waals surface area contributed by atoms with Crippen molar-refractivity contribution in [2.75, 3.05) is 6.61 Å². The third-order valence-corrected chi connectivity index (χ3v) is 3.25. The van der Waals surface area contributed by atoms with Crippen molar-refractivity contribution in [2.24, 2.45) is 0 Å². The maximum absolute atomic E-state index is 12.5. The highest BCUT2D eigenvalue weighted by Crippen LogP contribution is 2.36. The number of hydrogen-bond donors (Lipinski definition) is 0. The molecule has 0 aliphatic heterocycles. The van der Waals surface area contributed by atoms with Gasteiger partial charge in [-0.2, -0.15) is 13.9 Å². The summed E-state index contributed by atoms with van der Waals surface area (Å²) >= 11 is 6.23. The number of ether oxygens (including phenoxy) is 2. The summed E-state index contributed by atoms with van der Waals surface area (Å²) < 4.78 is 35.8. The van der Waals surface area contributed by atoms with E-state index in [2.05, 4.69) is 14.8 Å². The van der Waals surface area contributed by atoms with E-state index in [-0.39, 0.29) is 34.5 Å². The van der Waals surface area contributed by atoms with Gasteiger partial charge in [0.05, 0.1) is 17.9 Å². The highest BCUT2D eigenvalue weighted by Gasteiger charge is 2.26. The number of pyridine rings is 1. The lowest BCUT2D eigenvalue weighted by atomic mass is 10.2. The maximum Gasteiger partial charge on any atom is 0.388 e. The fourth-order valence-electron chi connectivity index (χ4n) is 2.01. The third kappa shape index (κ3) is 3.58. The number of hydrogen-bond acceptors (Lipinski definition) is 5. The number of aryl methyl sites for hydroxylation is 1. The van der Waals surface area contributed by atoms with Gasteiger partial charge in [0, 0.05) is 12.7 Å².